The highest BCUT2D eigenvalue weighted by Gasteiger charge is 2.01. The van der Waals surface area contributed by atoms with Crippen LogP contribution in [0.3, 0.4) is 0 Å². The minimum atomic E-state index is -0.301. The first kappa shape index (κ1) is 13.1. The molecule has 2 aromatic carbocycles. The summed E-state index contributed by atoms with van der Waals surface area (Å²) in [6.07, 6.45) is 0.438. The second-order valence-electron chi connectivity index (χ2n) is 3.98. The molecule has 0 radical (unpaired) electrons. The van der Waals surface area contributed by atoms with Crippen LogP contribution in [0.2, 0.25) is 0 Å². The third kappa shape index (κ3) is 3.81. The summed E-state index contributed by atoms with van der Waals surface area (Å²) in [7, 11) is 0. The Kier molecular flexibility index (Phi) is 4.13. The van der Waals surface area contributed by atoms with Crippen LogP contribution in [0.15, 0.2) is 48.5 Å². The molecule has 3 nitrogen and oxygen atoms in total. The summed E-state index contributed by atoms with van der Waals surface area (Å²) in [5.74, 6) is 0.852. The van der Waals surface area contributed by atoms with Gasteiger partial charge in [0, 0.05) is 12.1 Å². The van der Waals surface area contributed by atoms with E-state index in [9.17, 15) is 9.18 Å². The van der Waals surface area contributed by atoms with E-state index in [0.29, 0.717) is 17.9 Å². The minimum absolute atomic E-state index is 0.0350. The predicted molar refractivity (Wildman–Crippen MR) is 71.8 cm³/mol. The molecule has 2 rings (SSSR count). The Bertz CT molecular complexity index is 549. The lowest BCUT2D eigenvalue weighted by Crippen LogP contribution is -2.08. The van der Waals surface area contributed by atoms with E-state index in [1.54, 1.807) is 43.3 Å². The van der Waals surface area contributed by atoms with Crippen molar-refractivity contribution in [3.8, 4) is 11.5 Å². The van der Waals surface area contributed by atoms with Crippen molar-refractivity contribution < 1.29 is 13.9 Å². The van der Waals surface area contributed by atoms with Crippen LogP contribution in [-0.4, -0.2) is 5.91 Å². The van der Waals surface area contributed by atoms with Crippen LogP contribution in [0.25, 0.3) is 0 Å². The average Bonchev–Trinajstić information content (AvgIpc) is 2.43. The molecule has 1 amide bonds. The highest BCUT2D eigenvalue weighted by molar-refractivity contribution is 5.90. The molecule has 4 heteroatoms. The Morgan fingerprint density at radius 1 is 1.05 bits per heavy atom. The lowest BCUT2D eigenvalue weighted by molar-refractivity contribution is -0.115. The van der Waals surface area contributed by atoms with Crippen LogP contribution in [0, 0.1) is 5.82 Å². The fourth-order valence-electron chi connectivity index (χ4n) is 1.49. The molecule has 0 heterocycles. The third-order valence-corrected chi connectivity index (χ3v) is 2.51. The average molecular weight is 259 g/mol. The van der Waals surface area contributed by atoms with Crippen molar-refractivity contribution in [2.45, 2.75) is 13.3 Å². The number of benzene rings is 2. The van der Waals surface area contributed by atoms with Crippen molar-refractivity contribution in [3.63, 3.8) is 0 Å². The molecule has 0 fully saturated rings. The minimum Gasteiger partial charge on any atom is -0.457 e. The van der Waals surface area contributed by atoms with E-state index in [2.05, 4.69) is 5.32 Å². The first-order valence-corrected chi connectivity index (χ1v) is 6.00. The largest absolute Gasteiger partial charge is 0.457 e. The fraction of sp³-hybridized carbons (Fsp3) is 0.133. The summed E-state index contributed by atoms with van der Waals surface area (Å²) in [4.78, 5) is 11.2. The van der Waals surface area contributed by atoms with E-state index < -0.39 is 0 Å². The Labute approximate surface area is 111 Å². The first-order chi connectivity index (χ1) is 9.17. The second kappa shape index (κ2) is 6.00. The van der Waals surface area contributed by atoms with Crippen LogP contribution in [-0.2, 0) is 4.79 Å². The summed E-state index contributed by atoms with van der Waals surface area (Å²) >= 11 is 0. The van der Waals surface area contributed by atoms with Gasteiger partial charge in [0.25, 0.3) is 0 Å². The van der Waals surface area contributed by atoms with Crippen LogP contribution < -0.4 is 10.1 Å². The number of amides is 1. The molecule has 0 aliphatic rings. The molecule has 0 aromatic heterocycles. The molecule has 19 heavy (non-hydrogen) atoms. The normalized spacial score (nSPS) is 10.0. The Morgan fingerprint density at radius 2 is 1.58 bits per heavy atom. The molecule has 2 aromatic rings. The zero-order valence-corrected chi connectivity index (χ0v) is 10.5. The van der Waals surface area contributed by atoms with Gasteiger partial charge in [0.15, 0.2) is 0 Å². The van der Waals surface area contributed by atoms with Gasteiger partial charge in [-0.15, -0.1) is 0 Å². The molecular formula is C15H14FNO2. The number of ether oxygens (including phenoxy) is 1. The highest BCUT2D eigenvalue weighted by atomic mass is 19.1. The third-order valence-electron chi connectivity index (χ3n) is 2.51. The lowest BCUT2D eigenvalue weighted by atomic mass is 10.3. The van der Waals surface area contributed by atoms with Gasteiger partial charge in [-0.1, -0.05) is 6.92 Å². The highest BCUT2D eigenvalue weighted by Crippen LogP contribution is 2.23. The van der Waals surface area contributed by atoms with Crippen molar-refractivity contribution in [1.82, 2.24) is 0 Å². The van der Waals surface area contributed by atoms with Crippen molar-refractivity contribution in [2.24, 2.45) is 0 Å². The van der Waals surface area contributed by atoms with Crippen molar-refractivity contribution >= 4 is 11.6 Å². The van der Waals surface area contributed by atoms with Crippen LogP contribution in [0.5, 0.6) is 11.5 Å². The van der Waals surface area contributed by atoms with Gasteiger partial charge in [-0.25, -0.2) is 4.39 Å². The van der Waals surface area contributed by atoms with Gasteiger partial charge in [0.05, 0.1) is 0 Å². The smallest absolute Gasteiger partial charge is 0.224 e. The summed E-state index contributed by atoms with van der Waals surface area (Å²) in [5.41, 5.74) is 0.721. The van der Waals surface area contributed by atoms with Crippen molar-refractivity contribution in [2.75, 3.05) is 5.32 Å². The maximum atomic E-state index is 12.7. The lowest BCUT2D eigenvalue weighted by Gasteiger charge is -2.07. The number of hydrogen-bond acceptors (Lipinski definition) is 2. The van der Waals surface area contributed by atoms with E-state index in [1.165, 1.54) is 12.1 Å². The number of carbonyl (C=O) groups is 1. The Balaban J connectivity index is 2.02. The van der Waals surface area contributed by atoms with E-state index in [4.69, 9.17) is 4.74 Å². The first-order valence-electron chi connectivity index (χ1n) is 6.00. The Hall–Kier alpha value is -2.36. The maximum absolute atomic E-state index is 12.7. The van der Waals surface area contributed by atoms with Gasteiger partial charge in [0.2, 0.25) is 5.91 Å². The van der Waals surface area contributed by atoms with Crippen LogP contribution in [0.1, 0.15) is 13.3 Å². The number of rotatable bonds is 4. The van der Waals surface area contributed by atoms with E-state index in [0.717, 1.165) is 5.69 Å². The molecule has 0 spiro atoms. The van der Waals surface area contributed by atoms with Crippen molar-refractivity contribution in [3.05, 3.63) is 54.3 Å². The van der Waals surface area contributed by atoms with Crippen molar-refractivity contribution in [1.29, 1.82) is 0 Å². The topological polar surface area (TPSA) is 38.3 Å². The zero-order chi connectivity index (χ0) is 13.7. The van der Waals surface area contributed by atoms with Gasteiger partial charge >= 0.3 is 0 Å². The van der Waals surface area contributed by atoms with Crippen LogP contribution in [0.4, 0.5) is 10.1 Å². The molecule has 0 aliphatic heterocycles. The molecule has 0 bridgehead atoms. The quantitative estimate of drug-likeness (QED) is 0.902. The van der Waals surface area contributed by atoms with E-state index in [1.807, 2.05) is 0 Å². The van der Waals surface area contributed by atoms with Gasteiger partial charge in [-0.2, -0.15) is 0 Å². The molecule has 0 saturated heterocycles. The van der Waals surface area contributed by atoms with Gasteiger partial charge in [0.1, 0.15) is 17.3 Å². The molecule has 1 N–H and O–H groups in total. The second-order valence-corrected chi connectivity index (χ2v) is 3.98. The molecule has 0 unspecified atom stereocenters. The summed E-state index contributed by atoms with van der Waals surface area (Å²) in [5, 5.41) is 2.75. The maximum Gasteiger partial charge on any atom is 0.224 e. The van der Waals surface area contributed by atoms with Gasteiger partial charge in [-0.05, 0) is 48.5 Å². The fourth-order valence-corrected chi connectivity index (χ4v) is 1.49. The zero-order valence-electron chi connectivity index (χ0n) is 10.5. The monoisotopic (exact) mass is 259 g/mol. The molecule has 0 saturated carbocycles. The van der Waals surface area contributed by atoms with Gasteiger partial charge in [-0.3, -0.25) is 4.79 Å². The Morgan fingerprint density at radius 3 is 2.11 bits per heavy atom. The number of anilines is 1. The molecule has 98 valence electrons. The summed E-state index contributed by atoms with van der Waals surface area (Å²) in [6.45, 7) is 1.79. The molecule has 0 aliphatic carbocycles. The molecule has 0 atom stereocenters. The number of carbonyl (C=O) groups excluding carboxylic acids is 1. The van der Waals surface area contributed by atoms with E-state index >= 15 is 0 Å². The number of hydrogen-bond donors (Lipinski definition) is 1. The SMILES string of the molecule is CCC(=O)Nc1ccc(Oc2ccc(F)cc2)cc1. The van der Waals surface area contributed by atoms with E-state index in [-0.39, 0.29) is 11.7 Å². The number of halogens is 1. The summed E-state index contributed by atoms with van der Waals surface area (Å²) < 4.78 is 18.3. The van der Waals surface area contributed by atoms with Crippen LogP contribution >= 0.6 is 0 Å². The van der Waals surface area contributed by atoms with Gasteiger partial charge < -0.3 is 10.1 Å². The number of nitrogens with one attached hydrogen (secondary N) is 1. The standard InChI is InChI=1S/C15H14FNO2/c1-2-15(18)17-12-5-9-14(10-6-12)19-13-7-3-11(16)4-8-13/h3-10H,2H2,1H3,(H,17,18). The molecular weight excluding hydrogens is 245 g/mol. The predicted octanol–water partition coefficient (Wildman–Crippen LogP) is 3.97. The summed E-state index contributed by atoms with van der Waals surface area (Å²) in [6, 6.07) is 12.8.